The molecule has 0 aliphatic rings. The fourth-order valence-electron chi connectivity index (χ4n) is 2.38. The van der Waals surface area contributed by atoms with Gasteiger partial charge in [-0.15, -0.1) is 0 Å². The third-order valence-corrected chi connectivity index (χ3v) is 4.40. The summed E-state index contributed by atoms with van der Waals surface area (Å²) < 4.78 is 10.5. The first-order chi connectivity index (χ1) is 12.9. The molecule has 2 atom stereocenters. The molecule has 29 heavy (non-hydrogen) atoms. The molecule has 0 aromatic heterocycles. The summed E-state index contributed by atoms with van der Waals surface area (Å²) in [6.07, 6.45) is -1.82. The Morgan fingerprint density at radius 2 is 1.21 bits per heavy atom. The molecule has 0 rings (SSSR count). The van der Waals surface area contributed by atoms with Gasteiger partial charge in [-0.05, 0) is 65.1 Å². The molecule has 0 saturated carbocycles. The molecule has 1 amide bonds. The number of aliphatic hydroxyl groups is 1. The molecule has 0 heterocycles. The minimum Gasteiger partial charge on any atom is -0.459 e. The van der Waals surface area contributed by atoms with E-state index in [1.54, 1.807) is 46.4 Å². The molecule has 0 aromatic rings. The third kappa shape index (κ3) is 12.1. The monoisotopic (exact) mass is 433 g/mol. The molecule has 1 N–H and O–H groups in total. The number of ether oxygens (including phenoxy) is 2. The second-order valence-electron chi connectivity index (χ2n) is 10.0. The van der Waals surface area contributed by atoms with Gasteiger partial charge in [0.05, 0.1) is 0 Å². The van der Waals surface area contributed by atoms with Crippen molar-refractivity contribution in [2.24, 2.45) is 11.8 Å². The van der Waals surface area contributed by atoms with Crippen LogP contribution in [0.4, 0.5) is 4.79 Å². The van der Waals surface area contributed by atoms with Crippen molar-refractivity contribution >= 4 is 28.9 Å². The van der Waals surface area contributed by atoms with Gasteiger partial charge in [0.2, 0.25) is 0 Å². The Labute approximate surface area is 179 Å². The van der Waals surface area contributed by atoms with E-state index in [1.165, 1.54) is 0 Å². The fourth-order valence-corrected chi connectivity index (χ4v) is 3.28. The summed E-state index contributed by atoms with van der Waals surface area (Å²) in [5.74, 6) is -1.33. The molecule has 0 radical (unpaired) electrons. The van der Waals surface area contributed by atoms with Gasteiger partial charge in [0.1, 0.15) is 16.5 Å². The summed E-state index contributed by atoms with van der Waals surface area (Å²) >= 11 is 0.610. The van der Waals surface area contributed by atoms with E-state index < -0.39 is 34.5 Å². The molecule has 0 aliphatic heterocycles. The van der Waals surface area contributed by atoms with Crippen LogP contribution in [-0.4, -0.2) is 62.8 Å². The molecule has 0 unspecified atom stereocenters. The number of amides is 1. The van der Waals surface area contributed by atoms with Gasteiger partial charge in [-0.25, -0.2) is 4.79 Å². The number of hydrogen-bond donors (Lipinski definition) is 1. The van der Waals surface area contributed by atoms with Crippen LogP contribution in [0.25, 0.3) is 0 Å². The summed E-state index contributed by atoms with van der Waals surface area (Å²) in [5, 5.41) is 8.73. The lowest BCUT2D eigenvalue weighted by Crippen LogP contribution is -2.46. The molecule has 0 bridgehead atoms. The van der Waals surface area contributed by atoms with E-state index in [9.17, 15) is 19.5 Å². The van der Waals surface area contributed by atoms with E-state index >= 15 is 0 Å². The average Bonchev–Trinajstić information content (AvgIpc) is 2.46. The molecule has 0 saturated heterocycles. The molecule has 0 spiro atoms. The standard InChI is InChI=1S/C21H39NO6S/c1-13(2)11-22(12-14(3)4)19(26)29-16(18(25)28-21(8,9)10)15(23)17(24)27-20(5,6)7/h13-16,23H,11-12H2,1-10H3/t15-,16-/m1/s1. The first-order valence-corrected chi connectivity index (χ1v) is 10.9. The van der Waals surface area contributed by atoms with E-state index in [2.05, 4.69) is 0 Å². The van der Waals surface area contributed by atoms with E-state index in [4.69, 9.17) is 9.47 Å². The molecule has 8 heteroatoms. The molecular formula is C21H39NO6S. The van der Waals surface area contributed by atoms with Crippen molar-refractivity contribution in [1.29, 1.82) is 0 Å². The second-order valence-corrected chi connectivity index (χ2v) is 11.1. The normalized spacial score (nSPS) is 14.5. The maximum absolute atomic E-state index is 12.9. The number of thioether (sulfide) groups is 1. The van der Waals surface area contributed by atoms with Gasteiger partial charge in [-0.1, -0.05) is 27.7 Å². The first kappa shape index (κ1) is 27.7. The van der Waals surface area contributed by atoms with Crippen LogP contribution in [-0.2, 0) is 19.1 Å². The van der Waals surface area contributed by atoms with Gasteiger partial charge in [0.25, 0.3) is 5.24 Å². The van der Waals surface area contributed by atoms with Crippen molar-refractivity contribution in [2.45, 2.75) is 91.8 Å². The Bertz CT molecular complexity index is 552. The zero-order valence-electron chi connectivity index (χ0n) is 19.6. The first-order valence-electron chi connectivity index (χ1n) is 10.0. The highest BCUT2D eigenvalue weighted by atomic mass is 32.2. The van der Waals surface area contributed by atoms with Gasteiger partial charge in [0.15, 0.2) is 6.10 Å². The van der Waals surface area contributed by atoms with Crippen molar-refractivity contribution in [3.8, 4) is 0 Å². The summed E-state index contributed by atoms with van der Waals surface area (Å²) in [6.45, 7) is 19.0. The van der Waals surface area contributed by atoms with Crippen LogP contribution in [0, 0.1) is 11.8 Å². The Kier molecular flexibility index (Phi) is 10.7. The van der Waals surface area contributed by atoms with Crippen LogP contribution in [0.1, 0.15) is 69.2 Å². The fraction of sp³-hybridized carbons (Fsp3) is 0.857. The van der Waals surface area contributed by atoms with Crippen molar-refractivity contribution in [3.63, 3.8) is 0 Å². The smallest absolute Gasteiger partial charge is 0.337 e. The minimum absolute atomic E-state index is 0.231. The summed E-state index contributed by atoms with van der Waals surface area (Å²) in [6, 6.07) is 0. The Balaban J connectivity index is 5.64. The van der Waals surface area contributed by atoms with Crippen molar-refractivity contribution in [3.05, 3.63) is 0 Å². The largest absolute Gasteiger partial charge is 0.459 e. The van der Waals surface area contributed by atoms with Crippen LogP contribution >= 0.6 is 11.8 Å². The van der Waals surface area contributed by atoms with Crippen LogP contribution in [0.3, 0.4) is 0 Å². The van der Waals surface area contributed by atoms with Crippen molar-refractivity contribution in [2.75, 3.05) is 13.1 Å². The zero-order chi connectivity index (χ0) is 23.2. The van der Waals surface area contributed by atoms with Gasteiger partial charge in [0, 0.05) is 13.1 Å². The highest BCUT2D eigenvalue weighted by Gasteiger charge is 2.41. The number of esters is 2. The third-order valence-electron chi connectivity index (χ3n) is 3.23. The van der Waals surface area contributed by atoms with Crippen LogP contribution < -0.4 is 0 Å². The van der Waals surface area contributed by atoms with Gasteiger partial charge >= 0.3 is 11.9 Å². The number of carbonyl (C=O) groups excluding carboxylic acids is 3. The Hall–Kier alpha value is -1.28. The molecule has 0 aliphatic carbocycles. The number of aliphatic hydroxyl groups excluding tert-OH is 1. The summed E-state index contributed by atoms with van der Waals surface area (Å²) in [4.78, 5) is 39.6. The van der Waals surface area contributed by atoms with Gasteiger partial charge in [-0.3, -0.25) is 9.59 Å². The number of nitrogens with zero attached hydrogens (tertiary/aromatic N) is 1. The SMILES string of the molecule is CC(C)CN(CC(C)C)C(=O)S[C@@H](C(=O)OC(C)(C)C)[C@@H](O)C(=O)OC(C)(C)C. The van der Waals surface area contributed by atoms with Gasteiger partial charge in [-0.2, -0.15) is 0 Å². The molecule has 0 fully saturated rings. The zero-order valence-corrected chi connectivity index (χ0v) is 20.4. The van der Waals surface area contributed by atoms with Gasteiger partial charge < -0.3 is 19.5 Å². The Morgan fingerprint density at radius 3 is 1.55 bits per heavy atom. The van der Waals surface area contributed by atoms with E-state index in [0.717, 1.165) is 0 Å². The second kappa shape index (κ2) is 11.2. The predicted octanol–water partition coefficient (Wildman–Crippen LogP) is 3.87. The average molecular weight is 434 g/mol. The van der Waals surface area contributed by atoms with E-state index in [0.29, 0.717) is 24.9 Å². The van der Waals surface area contributed by atoms with Crippen LogP contribution in [0.2, 0.25) is 0 Å². The lowest BCUT2D eigenvalue weighted by molar-refractivity contribution is -0.171. The number of rotatable bonds is 8. The quantitative estimate of drug-likeness (QED) is 0.581. The molecule has 7 nitrogen and oxygen atoms in total. The van der Waals surface area contributed by atoms with E-state index in [-0.39, 0.29) is 17.1 Å². The van der Waals surface area contributed by atoms with Crippen LogP contribution in [0.5, 0.6) is 0 Å². The van der Waals surface area contributed by atoms with Crippen LogP contribution in [0.15, 0.2) is 0 Å². The summed E-state index contributed by atoms with van der Waals surface area (Å²) in [7, 11) is 0. The molecular weight excluding hydrogens is 394 g/mol. The maximum atomic E-state index is 12.9. The number of carbonyl (C=O) groups is 3. The highest BCUT2D eigenvalue weighted by molar-refractivity contribution is 8.14. The number of hydrogen-bond acceptors (Lipinski definition) is 7. The minimum atomic E-state index is -1.82. The van der Waals surface area contributed by atoms with Crippen molar-refractivity contribution < 1.29 is 29.0 Å². The molecule has 170 valence electrons. The maximum Gasteiger partial charge on any atom is 0.337 e. The lowest BCUT2D eigenvalue weighted by Gasteiger charge is -2.30. The highest BCUT2D eigenvalue weighted by Crippen LogP contribution is 2.26. The molecule has 0 aromatic carbocycles. The lowest BCUT2D eigenvalue weighted by atomic mass is 10.1. The Morgan fingerprint density at radius 1 is 0.828 bits per heavy atom. The van der Waals surface area contributed by atoms with Crippen molar-refractivity contribution in [1.82, 2.24) is 4.90 Å². The predicted molar refractivity (Wildman–Crippen MR) is 116 cm³/mol. The topological polar surface area (TPSA) is 93.1 Å². The summed E-state index contributed by atoms with van der Waals surface area (Å²) in [5.41, 5.74) is -1.67. The van der Waals surface area contributed by atoms with E-state index in [1.807, 2.05) is 27.7 Å².